The molecule has 2 N–H and O–H groups in total. The van der Waals surface area contributed by atoms with Gasteiger partial charge in [0.1, 0.15) is 17.5 Å². The van der Waals surface area contributed by atoms with E-state index in [4.69, 9.17) is 4.74 Å². The topological polar surface area (TPSA) is 88.1 Å². The Morgan fingerprint density at radius 3 is 2.74 bits per heavy atom. The van der Waals surface area contributed by atoms with E-state index in [9.17, 15) is 27.9 Å². The van der Waals surface area contributed by atoms with Crippen LogP contribution in [0.25, 0.3) is 0 Å². The van der Waals surface area contributed by atoms with E-state index in [0.29, 0.717) is 24.2 Å². The largest absolute Gasteiger partial charge is 0.508 e. The molecule has 2 amide bonds. The van der Waals surface area contributed by atoms with Crippen LogP contribution in [0.2, 0.25) is 0 Å². The molecule has 0 radical (unpaired) electrons. The first kappa shape index (κ1) is 20.7. The van der Waals surface area contributed by atoms with E-state index in [2.05, 4.69) is 10.1 Å². The van der Waals surface area contributed by atoms with Crippen LogP contribution < -0.4 is 10.1 Å². The SMILES string of the molecule is COc1ccc(O)c([C@H](C)NC(=O)[C@@H]2CCCN2C(=O)OCC(F)(F)F)c1. The molecule has 1 aromatic carbocycles. The first-order chi connectivity index (χ1) is 12.6. The van der Waals surface area contributed by atoms with Gasteiger partial charge in [0.05, 0.1) is 13.2 Å². The highest BCUT2D eigenvalue weighted by molar-refractivity contribution is 5.86. The summed E-state index contributed by atoms with van der Waals surface area (Å²) in [7, 11) is 1.46. The van der Waals surface area contributed by atoms with Gasteiger partial charge in [-0.2, -0.15) is 13.2 Å². The molecule has 0 aromatic heterocycles. The van der Waals surface area contributed by atoms with Gasteiger partial charge in [-0.3, -0.25) is 9.69 Å². The van der Waals surface area contributed by atoms with Gasteiger partial charge in [-0.15, -0.1) is 0 Å². The number of methoxy groups -OCH3 is 1. The van der Waals surface area contributed by atoms with E-state index >= 15 is 0 Å². The second-order valence-corrected chi connectivity index (χ2v) is 6.18. The fourth-order valence-corrected chi connectivity index (χ4v) is 2.88. The number of rotatable bonds is 5. The number of amides is 2. The van der Waals surface area contributed by atoms with Gasteiger partial charge in [0.2, 0.25) is 5.91 Å². The zero-order chi connectivity index (χ0) is 20.2. The maximum absolute atomic E-state index is 12.5. The Morgan fingerprint density at radius 1 is 1.41 bits per heavy atom. The fraction of sp³-hybridized carbons (Fsp3) is 0.529. The lowest BCUT2D eigenvalue weighted by Crippen LogP contribution is -2.47. The lowest BCUT2D eigenvalue weighted by Gasteiger charge is -2.25. The van der Waals surface area contributed by atoms with E-state index in [-0.39, 0.29) is 12.3 Å². The van der Waals surface area contributed by atoms with Crippen LogP contribution in [0.1, 0.15) is 31.4 Å². The lowest BCUT2D eigenvalue weighted by atomic mass is 10.1. The summed E-state index contributed by atoms with van der Waals surface area (Å²) >= 11 is 0. The number of phenols is 1. The third-order valence-corrected chi connectivity index (χ3v) is 4.21. The highest BCUT2D eigenvalue weighted by atomic mass is 19.4. The first-order valence-electron chi connectivity index (χ1n) is 8.30. The molecule has 1 heterocycles. The predicted molar refractivity (Wildman–Crippen MR) is 88.3 cm³/mol. The quantitative estimate of drug-likeness (QED) is 0.807. The summed E-state index contributed by atoms with van der Waals surface area (Å²) in [5.74, 6) is -0.0928. The molecule has 1 fully saturated rings. The van der Waals surface area contributed by atoms with E-state index < -0.39 is 36.9 Å². The van der Waals surface area contributed by atoms with E-state index in [0.717, 1.165) is 4.90 Å². The van der Waals surface area contributed by atoms with Crippen molar-refractivity contribution in [1.82, 2.24) is 10.2 Å². The number of benzene rings is 1. The van der Waals surface area contributed by atoms with Crippen LogP contribution in [0.4, 0.5) is 18.0 Å². The van der Waals surface area contributed by atoms with Crippen molar-refractivity contribution in [1.29, 1.82) is 0 Å². The normalized spacial score (nSPS) is 18.1. The minimum absolute atomic E-state index is 0.0449. The van der Waals surface area contributed by atoms with Gasteiger partial charge in [0.15, 0.2) is 6.61 Å². The Kier molecular flexibility index (Phi) is 6.40. The van der Waals surface area contributed by atoms with Gasteiger partial charge in [-0.1, -0.05) is 0 Å². The fourth-order valence-electron chi connectivity index (χ4n) is 2.88. The Labute approximate surface area is 154 Å². The molecule has 2 atom stereocenters. The minimum atomic E-state index is -4.63. The van der Waals surface area contributed by atoms with Crippen molar-refractivity contribution < 1.29 is 37.3 Å². The molecule has 150 valence electrons. The molecule has 1 saturated heterocycles. The van der Waals surface area contributed by atoms with Gasteiger partial charge in [0.25, 0.3) is 0 Å². The van der Waals surface area contributed by atoms with Crippen LogP contribution in [0.5, 0.6) is 11.5 Å². The number of halogens is 3. The number of likely N-dealkylation sites (tertiary alicyclic amines) is 1. The summed E-state index contributed by atoms with van der Waals surface area (Å²) in [4.78, 5) is 25.4. The predicted octanol–water partition coefficient (Wildman–Crippen LogP) is 2.74. The first-order valence-corrected chi connectivity index (χ1v) is 8.30. The number of nitrogens with one attached hydrogen (secondary N) is 1. The average Bonchev–Trinajstić information content (AvgIpc) is 3.09. The number of ether oxygens (including phenoxy) is 2. The summed E-state index contributed by atoms with van der Waals surface area (Å²) in [5, 5.41) is 12.6. The summed E-state index contributed by atoms with van der Waals surface area (Å²) in [5.41, 5.74) is 0.409. The Morgan fingerprint density at radius 2 is 2.11 bits per heavy atom. The number of hydrogen-bond donors (Lipinski definition) is 2. The summed E-state index contributed by atoms with van der Waals surface area (Å²) in [6, 6.07) is 3.00. The van der Waals surface area contributed by atoms with Crippen LogP contribution >= 0.6 is 0 Å². The van der Waals surface area contributed by atoms with Gasteiger partial charge < -0.3 is 19.9 Å². The molecule has 0 spiro atoms. The molecule has 1 aliphatic heterocycles. The number of nitrogens with zero attached hydrogens (tertiary/aromatic N) is 1. The molecule has 0 bridgehead atoms. The second kappa shape index (κ2) is 8.36. The number of phenolic OH excluding ortho intramolecular Hbond substituents is 1. The zero-order valence-electron chi connectivity index (χ0n) is 14.9. The summed E-state index contributed by atoms with van der Waals surface area (Å²) < 4.78 is 45.9. The molecule has 10 heteroatoms. The molecular formula is C17H21F3N2O5. The Balaban J connectivity index is 2.02. The molecule has 1 aromatic rings. The number of carbonyl (C=O) groups excluding carboxylic acids is 2. The molecular weight excluding hydrogens is 369 g/mol. The summed E-state index contributed by atoms with van der Waals surface area (Å²) in [6.07, 6.45) is -5.03. The smallest absolute Gasteiger partial charge is 0.422 e. The van der Waals surface area contributed by atoms with Crippen LogP contribution in [-0.2, 0) is 9.53 Å². The van der Waals surface area contributed by atoms with Crippen LogP contribution in [0.3, 0.4) is 0 Å². The highest BCUT2D eigenvalue weighted by Crippen LogP contribution is 2.29. The van der Waals surface area contributed by atoms with Crippen molar-refractivity contribution in [3.05, 3.63) is 23.8 Å². The van der Waals surface area contributed by atoms with Crippen LogP contribution in [0.15, 0.2) is 18.2 Å². The maximum Gasteiger partial charge on any atom is 0.422 e. The average molecular weight is 390 g/mol. The highest BCUT2D eigenvalue weighted by Gasteiger charge is 2.38. The Bertz CT molecular complexity index is 696. The van der Waals surface area contributed by atoms with Crippen molar-refractivity contribution in [2.24, 2.45) is 0 Å². The van der Waals surface area contributed by atoms with E-state index in [1.165, 1.54) is 13.2 Å². The maximum atomic E-state index is 12.5. The van der Waals surface area contributed by atoms with Crippen molar-refractivity contribution in [3.8, 4) is 11.5 Å². The number of hydrogen-bond acceptors (Lipinski definition) is 5. The summed E-state index contributed by atoms with van der Waals surface area (Å²) in [6.45, 7) is 0.0615. The van der Waals surface area contributed by atoms with Crippen molar-refractivity contribution >= 4 is 12.0 Å². The second-order valence-electron chi connectivity index (χ2n) is 6.18. The van der Waals surface area contributed by atoms with Crippen molar-refractivity contribution in [3.63, 3.8) is 0 Å². The molecule has 2 rings (SSSR count). The van der Waals surface area contributed by atoms with Crippen LogP contribution in [0, 0.1) is 0 Å². The third-order valence-electron chi connectivity index (χ3n) is 4.21. The van der Waals surface area contributed by atoms with Gasteiger partial charge >= 0.3 is 12.3 Å². The zero-order valence-corrected chi connectivity index (χ0v) is 14.9. The monoisotopic (exact) mass is 390 g/mol. The lowest BCUT2D eigenvalue weighted by molar-refractivity contribution is -0.162. The van der Waals surface area contributed by atoms with E-state index in [1.54, 1.807) is 19.1 Å². The molecule has 0 unspecified atom stereocenters. The van der Waals surface area contributed by atoms with Gasteiger partial charge in [0, 0.05) is 12.1 Å². The third kappa shape index (κ3) is 5.41. The van der Waals surface area contributed by atoms with Crippen LogP contribution in [-0.4, -0.2) is 54.5 Å². The molecule has 1 aliphatic rings. The minimum Gasteiger partial charge on any atom is -0.508 e. The number of aromatic hydroxyl groups is 1. The molecule has 7 nitrogen and oxygen atoms in total. The van der Waals surface area contributed by atoms with Crippen molar-refractivity contribution in [2.75, 3.05) is 20.3 Å². The number of alkyl halides is 3. The van der Waals surface area contributed by atoms with Crippen molar-refractivity contribution in [2.45, 2.75) is 38.0 Å². The van der Waals surface area contributed by atoms with E-state index in [1.807, 2.05) is 0 Å². The number of carbonyl (C=O) groups is 2. The van der Waals surface area contributed by atoms with Gasteiger partial charge in [-0.05, 0) is 38.0 Å². The van der Waals surface area contributed by atoms with Gasteiger partial charge in [-0.25, -0.2) is 4.79 Å². The standard InChI is InChI=1S/C17H21F3N2O5/c1-10(12-8-11(26-2)5-6-14(12)23)21-15(24)13-4-3-7-22(13)16(25)27-9-17(18,19)20/h5-6,8,10,13,23H,3-4,7,9H2,1-2H3,(H,21,24)/t10-,13-/m0/s1. The molecule has 0 aliphatic carbocycles. The molecule has 0 saturated carbocycles. The Hall–Kier alpha value is -2.65. The molecule has 27 heavy (non-hydrogen) atoms.